The van der Waals surface area contributed by atoms with Crippen LogP contribution in [0.5, 0.6) is 0 Å². The number of halogens is 2. The lowest BCUT2D eigenvalue weighted by atomic mass is 9.77. The van der Waals surface area contributed by atoms with E-state index in [9.17, 15) is 19.4 Å². The molecule has 1 fully saturated rings. The maximum absolute atomic E-state index is 13.7. The summed E-state index contributed by atoms with van der Waals surface area (Å²) in [5, 5.41) is 20.8. The SMILES string of the molecule is CCOC(=O)CC(O)CC(O)/C=C/C(C(c1ccccc1)c1ccc(F)cc1)C(I)C1CC1C. The van der Waals surface area contributed by atoms with Gasteiger partial charge in [0.05, 0.1) is 25.2 Å². The second-order valence-corrected chi connectivity index (χ2v) is 10.6. The normalized spacial score (nSPS) is 22.1. The standard InChI is InChI=1S/C28H34FIO4/c1-3-34-26(33)17-23(32)16-22(31)13-14-24(28(30)25-15-18(25)2)27(19-7-5-4-6-8-19)20-9-11-21(29)12-10-20/h4-14,18,22-25,27-28,31-32H,3,15-17H2,1-2H3/b14-13+. The number of carbonyl (C=O) groups excluding carboxylic acids is 1. The fourth-order valence-corrected chi connectivity index (χ4v) is 6.22. The minimum absolute atomic E-state index is 0.00981. The molecule has 0 aliphatic heterocycles. The smallest absolute Gasteiger partial charge is 0.308 e. The predicted octanol–water partition coefficient (Wildman–Crippen LogP) is 5.65. The lowest BCUT2D eigenvalue weighted by molar-refractivity contribution is -0.145. The van der Waals surface area contributed by atoms with Crippen molar-refractivity contribution in [1.82, 2.24) is 0 Å². The molecule has 7 unspecified atom stereocenters. The van der Waals surface area contributed by atoms with Crippen LogP contribution in [-0.4, -0.2) is 38.9 Å². The second kappa shape index (κ2) is 12.8. The van der Waals surface area contributed by atoms with E-state index in [4.69, 9.17) is 4.74 Å². The first kappa shape index (κ1) is 26.8. The van der Waals surface area contributed by atoms with Crippen molar-refractivity contribution in [1.29, 1.82) is 0 Å². The van der Waals surface area contributed by atoms with E-state index < -0.39 is 18.2 Å². The zero-order chi connectivity index (χ0) is 24.7. The molecule has 2 aromatic carbocycles. The van der Waals surface area contributed by atoms with Gasteiger partial charge in [0.1, 0.15) is 5.82 Å². The molecule has 4 nitrogen and oxygen atoms in total. The first-order valence-corrected chi connectivity index (χ1v) is 13.2. The molecule has 0 saturated heterocycles. The number of hydrogen-bond acceptors (Lipinski definition) is 4. The van der Waals surface area contributed by atoms with Crippen LogP contribution in [0.2, 0.25) is 0 Å². The van der Waals surface area contributed by atoms with Gasteiger partial charge in [0.2, 0.25) is 0 Å². The molecular formula is C28H34FIO4. The zero-order valence-electron chi connectivity index (χ0n) is 19.7. The topological polar surface area (TPSA) is 66.8 Å². The maximum atomic E-state index is 13.7. The van der Waals surface area contributed by atoms with Gasteiger partial charge < -0.3 is 14.9 Å². The summed E-state index contributed by atoms with van der Waals surface area (Å²) in [6.07, 6.45) is 3.00. The number of hydrogen-bond donors (Lipinski definition) is 2. The summed E-state index contributed by atoms with van der Waals surface area (Å²) in [6.45, 7) is 4.23. The minimum Gasteiger partial charge on any atom is -0.466 e. The third kappa shape index (κ3) is 7.62. The Morgan fingerprint density at radius 2 is 1.74 bits per heavy atom. The van der Waals surface area contributed by atoms with Gasteiger partial charge in [0.25, 0.3) is 0 Å². The van der Waals surface area contributed by atoms with Crippen molar-refractivity contribution in [2.45, 2.75) is 55.2 Å². The Morgan fingerprint density at radius 1 is 1.12 bits per heavy atom. The number of rotatable bonds is 12. The summed E-state index contributed by atoms with van der Waals surface area (Å²) in [4.78, 5) is 11.6. The van der Waals surface area contributed by atoms with Gasteiger partial charge in [-0.3, -0.25) is 4.79 Å². The van der Waals surface area contributed by atoms with Crippen LogP contribution in [0, 0.1) is 23.6 Å². The third-order valence-corrected chi connectivity index (χ3v) is 8.25. The highest BCUT2D eigenvalue weighted by atomic mass is 127. The summed E-state index contributed by atoms with van der Waals surface area (Å²) in [5.41, 5.74) is 2.16. The number of esters is 1. The molecule has 0 bridgehead atoms. The van der Waals surface area contributed by atoms with Crippen molar-refractivity contribution in [2.24, 2.45) is 17.8 Å². The summed E-state index contributed by atoms with van der Waals surface area (Å²) in [7, 11) is 0. The highest BCUT2D eigenvalue weighted by Crippen LogP contribution is 2.50. The number of allylic oxidation sites excluding steroid dienone is 1. The minimum atomic E-state index is -0.974. The van der Waals surface area contributed by atoms with Crippen LogP contribution in [-0.2, 0) is 9.53 Å². The molecule has 7 atom stereocenters. The number of carbonyl (C=O) groups is 1. The Labute approximate surface area is 215 Å². The molecule has 2 N–H and O–H groups in total. The molecule has 1 saturated carbocycles. The van der Waals surface area contributed by atoms with Crippen LogP contribution in [0.25, 0.3) is 0 Å². The Kier molecular flexibility index (Phi) is 10.1. The second-order valence-electron chi connectivity index (χ2n) is 9.19. The largest absolute Gasteiger partial charge is 0.466 e. The number of alkyl halides is 1. The van der Waals surface area contributed by atoms with Gasteiger partial charge in [-0.15, -0.1) is 0 Å². The molecule has 3 rings (SSSR count). The highest BCUT2D eigenvalue weighted by molar-refractivity contribution is 14.1. The molecule has 34 heavy (non-hydrogen) atoms. The number of benzene rings is 2. The lowest BCUT2D eigenvalue weighted by Gasteiger charge is -2.30. The van der Waals surface area contributed by atoms with E-state index in [-0.39, 0.29) is 37.1 Å². The van der Waals surface area contributed by atoms with E-state index in [1.54, 1.807) is 13.0 Å². The van der Waals surface area contributed by atoms with E-state index in [1.165, 1.54) is 18.6 Å². The van der Waals surface area contributed by atoms with Crippen LogP contribution in [0.4, 0.5) is 4.39 Å². The monoisotopic (exact) mass is 580 g/mol. The van der Waals surface area contributed by atoms with Crippen LogP contribution < -0.4 is 0 Å². The molecule has 2 aromatic rings. The Bertz CT molecular complexity index is 933. The molecule has 0 radical (unpaired) electrons. The van der Waals surface area contributed by atoms with Crippen molar-refractivity contribution >= 4 is 28.6 Å². The molecule has 0 amide bonds. The average Bonchev–Trinajstić information content (AvgIpc) is 3.54. The van der Waals surface area contributed by atoms with Crippen molar-refractivity contribution in [2.75, 3.05) is 6.61 Å². The number of ether oxygens (including phenoxy) is 1. The fourth-order valence-electron chi connectivity index (χ4n) is 4.56. The van der Waals surface area contributed by atoms with Crippen molar-refractivity contribution in [3.63, 3.8) is 0 Å². The molecule has 6 heteroatoms. The lowest BCUT2D eigenvalue weighted by Crippen LogP contribution is -2.25. The van der Waals surface area contributed by atoms with Crippen molar-refractivity contribution in [3.05, 3.63) is 83.7 Å². The van der Waals surface area contributed by atoms with E-state index in [2.05, 4.69) is 41.6 Å². The van der Waals surface area contributed by atoms with Crippen LogP contribution in [0.3, 0.4) is 0 Å². The van der Waals surface area contributed by atoms with E-state index >= 15 is 0 Å². The summed E-state index contributed by atoms with van der Waals surface area (Å²) >= 11 is 2.53. The summed E-state index contributed by atoms with van der Waals surface area (Å²) < 4.78 is 18.9. The van der Waals surface area contributed by atoms with Gasteiger partial charge >= 0.3 is 5.97 Å². The van der Waals surface area contributed by atoms with Gasteiger partial charge in [0, 0.05) is 16.3 Å². The van der Waals surface area contributed by atoms with E-state index in [1.807, 2.05) is 36.4 Å². The van der Waals surface area contributed by atoms with Gasteiger partial charge in [0.15, 0.2) is 0 Å². The van der Waals surface area contributed by atoms with Gasteiger partial charge in [-0.25, -0.2) is 4.39 Å². The molecule has 1 aliphatic rings. The van der Waals surface area contributed by atoms with Crippen LogP contribution >= 0.6 is 22.6 Å². The molecular weight excluding hydrogens is 546 g/mol. The summed E-state index contributed by atoms with van der Waals surface area (Å²) in [6, 6.07) is 16.9. The zero-order valence-corrected chi connectivity index (χ0v) is 21.8. The van der Waals surface area contributed by atoms with Gasteiger partial charge in [-0.05, 0) is 54.4 Å². The van der Waals surface area contributed by atoms with E-state index in [0.717, 1.165) is 11.1 Å². The maximum Gasteiger partial charge on any atom is 0.308 e. The Morgan fingerprint density at radius 3 is 2.32 bits per heavy atom. The molecule has 0 heterocycles. The van der Waals surface area contributed by atoms with E-state index in [0.29, 0.717) is 15.8 Å². The third-order valence-electron chi connectivity index (χ3n) is 6.50. The predicted molar refractivity (Wildman–Crippen MR) is 140 cm³/mol. The first-order valence-electron chi connectivity index (χ1n) is 11.9. The Hall–Kier alpha value is -1.77. The number of aliphatic hydroxyl groups excluding tert-OH is 2. The molecule has 0 spiro atoms. The van der Waals surface area contributed by atoms with Crippen LogP contribution in [0.15, 0.2) is 66.7 Å². The molecule has 184 valence electrons. The first-order chi connectivity index (χ1) is 16.3. The van der Waals surface area contributed by atoms with Gasteiger partial charge in [-0.1, -0.05) is 84.1 Å². The van der Waals surface area contributed by atoms with Crippen molar-refractivity contribution in [3.8, 4) is 0 Å². The highest BCUT2D eigenvalue weighted by Gasteiger charge is 2.43. The number of aliphatic hydroxyl groups is 2. The molecule has 1 aliphatic carbocycles. The summed E-state index contributed by atoms with van der Waals surface area (Å²) in [5.74, 6) is 0.534. The van der Waals surface area contributed by atoms with Crippen molar-refractivity contribution < 1.29 is 24.1 Å². The fraction of sp³-hybridized carbons (Fsp3) is 0.464. The van der Waals surface area contributed by atoms with Gasteiger partial charge in [-0.2, -0.15) is 0 Å². The quantitative estimate of drug-likeness (QED) is 0.147. The Balaban J connectivity index is 1.86. The van der Waals surface area contributed by atoms with Crippen LogP contribution in [0.1, 0.15) is 50.2 Å². The average molecular weight is 580 g/mol. The molecule has 0 aromatic heterocycles.